The van der Waals surface area contributed by atoms with Crippen molar-refractivity contribution in [2.45, 2.75) is 31.0 Å². The van der Waals surface area contributed by atoms with Crippen LogP contribution in [0.25, 0.3) is 0 Å². The SMILES string of the molecule is Cn1ccnc1C(O)(CCNC(=O)CCc1ccccc1N)C(F)(F)F. The lowest BCUT2D eigenvalue weighted by atomic mass is 9.97. The first-order valence-corrected chi connectivity index (χ1v) is 8.02. The van der Waals surface area contributed by atoms with Gasteiger partial charge in [-0.05, 0) is 18.1 Å². The number of rotatable bonds is 7. The summed E-state index contributed by atoms with van der Waals surface area (Å²) in [6.07, 6.45) is -2.71. The first kappa shape index (κ1) is 19.8. The molecule has 0 aliphatic rings. The Morgan fingerprint density at radius 3 is 2.62 bits per heavy atom. The zero-order chi connectivity index (χ0) is 19.4. The molecule has 1 amide bonds. The molecule has 0 bridgehead atoms. The molecule has 2 rings (SSSR count). The zero-order valence-electron chi connectivity index (χ0n) is 14.3. The number of nitrogens with one attached hydrogen (secondary N) is 1. The van der Waals surface area contributed by atoms with Crippen molar-refractivity contribution < 1.29 is 23.1 Å². The smallest absolute Gasteiger partial charge is 0.399 e. The van der Waals surface area contributed by atoms with Crippen molar-refractivity contribution in [1.29, 1.82) is 0 Å². The molecule has 2 aromatic rings. The topological polar surface area (TPSA) is 93.2 Å². The first-order chi connectivity index (χ1) is 12.1. The van der Waals surface area contributed by atoms with Crippen molar-refractivity contribution in [3.8, 4) is 0 Å². The van der Waals surface area contributed by atoms with E-state index in [0.29, 0.717) is 12.1 Å². The van der Waals surface area contributed by atoms with E-state index < -0.39 is 29.9 Å². The maximum absolute atomic E-state index is 13.4. The van der Waals surface area contributed by atoms with Crippen LogP contribution in [0.3, 0.4) is 0 Å². The molecule has 0 fully saturated rings. The maximum atomic E-state index is 13.4. The average Bonchev–Trinajstić information content (AvgIpc) is 2.99. The summed E-state index contributed by atoms with van der Waals surface area (Å²) in [5, 5.41) is 12.6. The Balaban J connectivity index is 1.93. The lowest BCUT2D eigenvalue weighted by Crippen LogP contribution is -2.46. The number of aryl methyl sites for hydroxylation is 2. The second-order valence-electron chi connectivity index (χ2n) is 6.02. The van der Waals surface area contributed by atoms with E-state index in [0.717, 1.165) is 10.1 Å². The van der Waals surface area contributed by atoms with Crippen LogP contribution in [0.2, 0.25) is 0 Å². The number of hydrogen-bond donors (Lipinski definition) is 3. The number of nitrogens with two attached hydrogens (primary N) is 1. The predicted octanol–water partition coefficient (Wildman–Crippen LogP) is 1.89. The van der Waals surface area contributed by atoms with Gasteiger partial charge in [-0.25, -0.2) is 4.98 Å². The van der Waals surface area contributed by atoms with Crippen molar-refractivity contribution in [1.82, 2.24) is 14.9 Å². The first-order valence-electron chi connectivity index (χ1n) is 8.02. The molecule has 26 heavy (non-hydrogen) atoms. The highest BCUT2D eigenvalue weighted by atomic mass is 19.4. The van der Waals surface area contributed by atoms with Gasteiger partial charge in [-0.2, -0.15) is 13.2 Å². The van der Waals surface area contributed by atoms with E-state index in [1.807, 2.05) is 0 Å². The highest BCUT2D eigenvalue weighted by Gasteiger charge is 2.57. The van der Waals surface area contributed by atoms with Crippen LogP contribution in [-0.2, 0) is 23.9 Å². The van der Waals surface area contributed by atoms with Gasteiger partial charge in [-0.15, -0.1) is 0 Å². The molecule has 0 saturated heterocycles. The molecule has 6 nitrogen and oxygen atoms in total. The number of para-hydroxylation sites is 1. The Kier molecular flexibility index (Phi) is 5.91. The van der Waals surface area contributed by atoms with Crippen LogP contribution in [0.15, 0.2) is 36.7 Å². The Hall–Kier alpha value is -2.55. The van der Waals surface area contributed by atoms with Crippen LogP contribution in [0.5, 0.6) is 0 Å². The molecule has 1 atom stereocenters. The molecule has 0 spiro atoms. The lowest BCUT2D eigenvalue weighted by molar-refractivity contribution is -0.272. The highest BCUT2D eigenvalue weighted by molar-refractivity contribution is 5.76. The molecule has 1 aromatic heterocycles. The molecule has 1 unspecified atom stereocenters. The third kappa shape index (κ3) is 4.34. The van der Waals surface area contributed by atoms with E-state index in [9.17, 15) is 23.1 Å². The number of anilines is 1. The number of carbonyl (C=O) groups is 1. The Labute approximate surface area is 148 Å². The van der Waals surface area contributed by atoms with E-state index in [1.165, 1.54) is 19.4 Å². The summed E-state index contributed by atoms with van der Waals surface area (Å²) in [7, 11) is 1.36. The van der Waals surface area contributed by atoms with Crippen molar-refractivity contribution in [2.75, 3.05) is 12.3 Å². The highest BCUT2D eigenvalue weighted by Crippen LogP contribution is 2.40. The number of alkyl halides is 3. The molecule has 142 valence electrons. The van der Waals surface area contributed by atoms with Crippen LogP contribution in [0.4, 0.5) is 18.9 Å². The number of halogens is 3. The van der Waals surface area contributed by atoms with E-state index in [2.05, 4.69) is 10.3 Å². The Morgan fingerprint density at radius 2 is 2.04 bits per heavy atom. The number of aromatic nitrogens is 2. The molecule has 9 heteroatoms. The lowest BCUT2D eigenvalue weighted by Gasteiger charge is -2.30. The van der Waals surface area contributed by atoms with Gasteiger partial charge in [0.05, 0.1) is 0 Å². The molecule has 4 N–H and O–H groups in total. The zero-order valence-corrected chi connectivity index (χ0v) is 14.3. The summed E-state index contributed by atoms with van der Waals surface area (Å²) in [6.45, 7) is -0.341. The van der Waals surface area contributed by atoms with Gasteiger partial charge < -0.3 is 20.7 Å². The van der Waals surface area contributed by atoms with Crippen molar-refractivity contribution >= 4 is 11.6 Å². The van der Waals surface area contributed by atoms with Gasteiger partial charge in [0.1, 0.15) is 5.82 Å². The fourth-order valence-electron chi connectivity index (χ4n) is 2.63. The Bertz CT molecular complexity index is 760. The van der Waals surface area contributed by atoms with Gasteiger partial charge >= 0.3 is 6.18 Å². The van der Waals surface area contributed by atoms with Crippen LogP contribution in [0.1, 0.15) is 24.2 Å². The van der Waals surface area contributed by atoms with E-state index in [1.54, 1.807) is 24.3 Å². The molecule has 0 radical (unpaired) electrons. The molecular weight excluding hydrogens is 349 g/mol. The van der Waals surface area contributed by atoms with Crippen molar-refractivity contribution in [3.05, 3.63) is 48.0 Å². The van der Waals surface area contributed by atoms with Crippen LogP contribution in [-0.4, -0.2) is 33.3 Å². The van der Waals surface area contributed by atoms with Gasteiger partial charge in [0.25, 0.3) is 0 Å². The summed E-state index contributed by atoms with van der Waals surface area (Å²) >= 11 is 0. The third-order valence-electron chi connectivity index (χ3n) is 4.15. The monoisotopic (exact) mass is 370 g/mol. The summed E-state index contributed by atoms with van der Waals surface area (Å²) in [6, 6.07) is 7.06. The van der Waals surface area contributed by atoms with Crippen LogP contribution >= 0.6 is 0 Å². The molecule has 0 aliphatic carbocycles. The number of nitrogen functional groups attached to an aromatic ring is 1. The van der Waals surface area contributed by atoms with E-state index in [4.69, 9.17) is 5.73 Å². The Morgan fingerprint density at radius 1 is 1.35 bits per heavy atom. The minimum absolute atomic E-state index is 0.0844. The number of aliphatic hydroxyl groups is 1. The maximum Gasteiger partial charge on any atom is 0.424 e. The van der Waals surface area contributed by atoms with Gasteiger partial charge in [-0.3, -0.25) is 4.79 Å². The van der Waals surface area contributed by atoms with Gasteiger partial charge in [0.15, 0.2) is 0 Å². The largest absolute Gasteiger partial charge is 0.424 e. The normalized spacial score (nSPS) is 14.0. The fraction of sp³-hybridized carbons (Fsp3) is 0.412. The van der Waals surface area contributed by atoms with Crippen LogP contribution in [0, 0.1) is 0 Å². The average molecular weight is 370 g/mol. The summed E-state index contributed by atoms with van der Waals surface area (Å²) in [5.74, 6) is -0.936. The van der Waals surface area contributed by atoms with Gasteiger partial charge in [-0.1, -0.05) is 18.2 Å². The number of amides is 1. The molecule has 1 heterocycles. The number of benzene rings is 1. The van der Waals surface area contributed by atoms with E-state index >= 15 is 0 Å². The van der Waals surface area contributed by atoms with Crippen molar-refractivity contribution in [3.63, 3.8) is 0 Å². The molecule has 0 aliphatic heterocycles. The predicted molar refractivity (Wildman–Crippen MR) is 90.0 cm³/mol. The molecular formula is C17H21F3N4O2. The molecule has 1 aromatic carbocycles. The van der Waals surface area contributed by atoms with Gasteiger partial charge in [0, 0.05) is 44.5 Å². The second-order valence-corrected chi connectivity index (χ2v) is 6.02. The number of nitrogens with zero attached hydrogens (tertiary/aromatic N) is 2. The van der Waals surface area contributed by atoms with Crippen molar-refractivity contribution in [2.24, 2.45) is 7.05 Å². The number of carbonyl (C=O) groups excluding carboxylic acids is 1. The quantitative estimate of drug-likeness (QED) is 0.649. The summed E-state index contributed by atoms with van der Waals surface area (Å²) in [5.41, 5.74) is 4.00. The van der Waals surface area contributed by atoms with Crippen LogP contribution < -0.4 is 11.1 Å². The fourth-order valence-corrected chi connectivity index (χ4v) is 2.63. The third-order valence-corrected chi connectivity index (χ3v) is 4.15. The minimum Gasteiger partial charge on any atom is -0.399 e. The standard InChI is InChI=1S/C17H21F3N4O2/c1-24-11-10-23-15(24)16(26,17(18,19)20)8-9-22-14(25)7-6-12-4-2-3-5-13(12)21/h2-5,10-11,26H,6-9,21H2,1H3,(H,22,25). The summed E-state index contributed by atoms with van der Waals surface area (Å²) in [4.78, 5) is 15.5. The van der Waals surface area contributed by atoms with E-state index in [-0.39, 0.29) is 13.0 Å². The number of imidazole rings is 1. The van der Waals surface area contributed by atoms with Gasteiger partial charge in [0.2, 0.25) is 11.5 Å². The second kappa shape index (κ2) is 7.77. The number of hydrogen-bond acceptors (Lipinski definition) is 4. The molecule has 0 saturated carbocycles. The summed E-state index contributed by atoms with van der Waals surface area (Å²) < 4.78 is 41.2. The minimum atomic E-state index is -4.92.